The molecule has 0 amide bonds. The summed E-state index contributed by atoms with van der Waals surface area (Å²) >= 11 is 1.54. The van der Waals surface area contributed by atoms with Crippen LogP contribution in [0.3, 0.4) is 0 Å². The Balaban J connectivity index is 1.66. The molecule has 28 heavy (non-hydrogen) atoms. The van der Waals surface area contributed by atoms with Crippen LogP contribution in [0.2, 0.25) is 0 Å². The van der Waals surface area contributed by atoms with Gasteiger partial charge < -0.3 is 20.5 Å². The van der Waals surface area contributed by atoms with Crippen molar-refractivity contribution in [3.63, 3.8) is 0 Å². The van der Waals surface area contributed by atoms with Gasteiger partial charge >= 0.3 is 0 Å². The van der Waals surface area contributed by atoms with Gasteiger partial charge in [-0.2, -0.15) is 0 Å². The number of piperidine rings is 1. The van der Waals surface area contributed by atoms with Gasteiger partial charge in [0.05, 0.1) is 30.2 Å². The molecule has 3 aromatic rings. The molecule has 0 spiro atoms. The van der Waals surface area contributed by atoms with Crippen LogP contribution in [0.15, 0.2) is 18.3 Å². The van der Waals surface area contributed by atoms with E-state index >= 15 is 0 Å². The summed E-state index contributed by atoms with van der Waals surface area (Å²) in [6.45, 7) is 5.97. The third-order valence-corrected chi connectivity index (χ3v) is 6.35. The van der Waals surface area contributed by atoms with E-state index in [1.807, 2.05) is 16.6 Å². The summed E-state index contributed by atoms with van der Waals surface area (Å²) < 4.78 is 7.39. The Bertz CT molecular complexity index is 974. The van der Waals surface area contributed by atoms with Crippen LogP contribution < -0.4 is 15.4 Å². The standard InChI is InChI=1S/C19H26N6O2S/c1-12(2)14-5-4-13(16(22-14)27-3)15-10-21-17-25(15)23-18(28-17)24-8-6-19(26,11-20)7-9-24/h4-5,10,12,26H,6-9,11,20H2,1-3H3. The van der Waals surface area contributed by atoms with E-state index in [0.29, 0.717) is 31.2 Å². The topological polar surface area (TPSA) is 102 Å². The first-order valence-electron chi connectivity index (χ1n) is 9.51. The molecule has 0 saturated carbocycles. The highest BCUT2D eigenvalue weighted by Crippen LogP contribution is 2.34. The van der Waals surface area contributed by atoms with E-state index in [0.717, 1.165) is 40.1 Å². The minimum atomic E-state index is -0.754. The van der Waals surface area contributed by atoms with Gasteiger partial charge in [-0.25, -0.2) is 14.5 Å². The minimum absolute atomic E-state index is 0.297. The van der Waals surface area contributed by atoms with Crippen LogP contribution in [0.25, 0.3) is 16.2 Å². The normalized spacial score (nSPS) is 16.9. The van der Waals surface area contributed by atoms with Gasteiger partial charge in [-0.15, -0.1) is 5.10 Å². The molecule has 9 heteroatoms. The molecule has 1 aliphatic heterocycles. The molecule has 1 fully saturated rings. The van der Waals surface area contributed by atoms with Gasteiger partial charge in [0, 0.05) is 25.3 Å². The Labute approximate surface area is 168 Å². The van der Waals surface area contributed by atoms with E-state index < -0.39 is 5.60 Å². The SMILES string of the molecule is COc1nc(C(C)C)ccc1-c1cnc2sc(N3CCC(O)(CN)CC3)nn12. The van der Waals surface area contributed by atoms with E-state index in [1.165, 1.54) is 0 Å². The second kappa shape index (κ2) is 7.31. The summed E-state index contributed by atoms with van der Waals surface area (Å²) in [7, 11) is 1.63. The van der Waals surface area contributed by atoms with Gasteiger partial charge in [-0.1, -0.05) is 25.2 Å². The molecule has 3 N–H and O–H groups in total. The van der Waals surface area contributed by atoms with Crippen molar-refractivity contribution in [2.24, 2.45) is 5.73 Å². The Hall–Kier alpha value is -2.23. The second-order valence-electron chi connectivity index (χ2n) is 7.59. The van der Waals surface area contributed by atoms with Gasteiger partial charge in [0.25, 0.3) is 0 Å². The van der Waals surface area contributed by atoms with Gasteiger partial charge in [-0.05, 0) is 30.9 Å². The first-order chi connectivity index (χ1) is 13.4. The van der Waals surface area contributed by atoms with Crippen LogP contribution in [-0.4, -0.2) is 57.0 Å². The van der Waals surface area contributed by atoms with Gasteiger partial charge in [0.1, 0.15) is 0 Å². The Kier molecular flexibility index (Phi) is 4.98. The summed E-state index contributed by atoms with van der Waals surface area (Å²) in [4.78, 5) is 12.2. The summed E-state index contributed by atoms with van der Waals surface area (Å²) in [6.07, 6.45) is 3.10. The monoisotopic (exact) mass is 402 g/mol. The number of methoxy groups -OCH3 is 1. The van der Waals surface area contributed by atoms with Crippen molar-refractivity contribution in [3.05, 3.63) is 24.0 Å². The van der Waals surface area contributed by atoms with E-state index in [4.69, 9.17) is 15.6 Å². The molecule has 0 bridgehead atoms. The first kappa shape index (κ1) is 19.1. The average Bonchev–Trinajstić information content (AvgIpc) is 3.29. The maximum atomic E-state index is 10.3. The van der Waals surface area contributed by atoms with Gasteiger partial charge in [0.15, 0.2) is 0 Å². The Morgan fingerprint density at radius 1 is 1.32 bits per heavy atom. The molecular weight excluding hydrogens is 376 g/mol. The van der Waals surface area contributed by atoms with Crippen molar-refractivity contribution in [2.45, 2.75) is 38.2 Å². The average molecular weight is 403 g/mol. The number of imidazole rings is 1. The van der Waals surface area contributed by atoms with Crippen molar-refractivity contribution in [1.82, 2.24) is 19.6 Å². The molecule has 3 aromatic heterocycles. The number of nitrogens with zero attached hydrogens (tertiary/aromatic N) is 5. The second-order valence-corrected chi connectivity index (χ2v) is 8.52. The quantitative estimate of drug-likeness (QED) is 0.675. The smallest absolute Gasteiger partial charge is 0.222 e. The summed E-state index contributed by atoms with van der Waals surface area (Å²) in [6, 6.07) is 4.04. The molecule has 4 rings (SSSR count). The molecule has 0 radical (unpaired) electrons. The van der Waals surface area contributed by atoms with E-state index in [-0.39, 0.29) is 0 Å². The number of ether oxygens (including phenoxy) is 1. The van der Waals surface area contributed by atoms with Crippen molar-refractivity contribution >= 4 is 21.4 Å². The number of nitrogens with two attached hydrogens (primary N) is 1. The lowest BCUT2D eigenvalue weighted by molar-refractivity contribution is 0.0249. The third kappa shape index (κ3) is 3.34. The number of fused-ring (bicyclic) bond motifs is 1. The zero-order chi connectivity index (χ0) is 19.9. The third-order valence-electron chi connectivity index (χ3n) is 5.36. The summed E-state index contributed by atoms with van der Waals surface area (Å²) in [5.41, 5.74) is 7.65. The Morgan fingerprint density at radius 3 is 2.71 bits per heavy atom. The van der Waals surface area contributed by atoms with Crippen molar-refractivity contribution < 1.29 is 9.84 Å². The van der Waals surface area contributed by atoms with Crippen LogP contribution in [-0.2, 0) is 0 Å². The molecule has 1 saturated heterocycles. The molecule has 150 valence electrons. The summed E-state index contributed by atoms with van der Waals surface area (Å²) in [5.74, 6) is 0.902. The van der Waals surface area contributed by atoms with E-state index in [1.54, 1.807) is 24.6 Å². The highest BCUT2D eigenvalue weighted by atomic mass is 32.1. The van der Waals surface area contributed by atoms with Crippen LogP contribution in [0, 0.1) is 0 Å². The lowest BCUT2D eigenvalue weighted by atomic mass is 9.92. The number of aliphatic hydroxyl groups is 1. The van der Waals surface area contributed by atoms with Crippen molar-refractivity contribution in [3.8, 4) is 17.1 Å². The number of aromatic nitrogens is 4. The molecule has 0 unspecified atom stereocenters. The number of pyridine rings is 1. The van der Waals surface area contributed by atoms with E-state index in [2.05, 4.69) is 28.7 Å². The lowest BCUT2D eigenvalue weighted by Crippen LogP contribution is -2.48. The zero-order valence-electron chi connectivity index (χ0n) is 16.4. The first-order valence-corrected chi connectivity index (χ1v) is 10.3. The molecule has 0 aliphatic carbocycles. The minimum Gasteiger partial charge on any atom is -0.480 e. The molecule has 0 atom stereocenters. The fourth-order valence-corrected chi connectivity index (χ4v) is 4.37. The molecule has 8 nitrogen and oxygen atoms in total. The van der Waals surface area contributed by atoms with E-state index in [9.17, 15) is 5.11 Å². The number of hydrogen-bond acceptors (Lipinski definition) is 8. The van der Waals surface area contributed by atoms with Crippen LogP contribution in [0.5, 0.6) is 5.88 Å². The van der Waals surface area contributed by atoms with Gasteiger partial charge in [0.2, 0.25) is 16.0 Å². The highest BCUT2D eigenvalue weighted by molar-refractivity contribution is 7.20. The predicted octanol–water partition coefficient (Wildman–Crippen LogP) is 2.27. The number of hydrogen-bond donors (Lipinski definition) is 2. The van der Waals surface area contributed by atoms with Crippen molar-refractivity contribution in [1.29, 1.82) is 0 Å². The zero-order valence-corrected chi connectivity index (χ0v) is 17.2. The molecule has 1 aliphatic rings. The molecule has 4 heterocycles. The van der Waals surface area contributed by atoms with Crippen LogP contribution in [0.1, 0.15) is 38.3 Å². The number of anilines is 1. The largest absolute Gasteiger partial charge is 0.480 e. The predicted molar refractivity (Wildman–Crippen MR) is 110 cm³/mol. The lowest BCUT2D eigenvalue weighted by Gasteiger charge is -2.37. The highest BCUT2D eigenvalue weighted by Gasteiger charge is 2.32. The van der Waals surface area contributed by atoms with Crippen molar-refractivity contribution in [2.75, 3.05) is 31.6 Å². The maximum Gasteiger partial charge on any atom is 0.222 e. The van der Waals surface area contributed by atoms with Crippen LogP contribution in [0.4, 0.5) is 5.13 Å². The number of rotatable bonds is 5. The Morgan fingerprint density at radius 2 is 2.07 bits per heavy atom. The maximum absolute atomic E-state index is 10.3. The fraction of sp³-hybridized carbons (Fsp3) is 0.526. The summed E-state index contributed by atoms with van der Waals surface area (Å²) in [5, 5.41) is 16.0. The molecule has 0 aromatic carbocycles. The van der Waals surface area contributed by atoms with Crippen LogP contribution >= 0.6 is 11.3 Å². The molecular formula is C19H26N6O2S. The fourth-order valence-electron chi connectivity index (χ4n) is 3.44. The van der Waals surface area contributed by atoms with Gasteiger partial charge in [-0.3, -0.25) is 0 Å².